The van der Waals surface area contributed by atoms with Gasteiger partial charge in [0.05, 0.1) is 0 Å². The molecule has 3 N–H and O–H groups in total. The van der Waals surface area contributed by atoms with Crippen LogP contribution in [-0.2, 0) is 14.9 Å². The lowest BCUT2D eigenvalue weighted by molar-refractivity contribution is -0.137. The fraction of sp³-hybridized carbons (Fsp3) is 0.667. The summed E-state index contributed by atoms with van der Waals surface area (Å²) in [4.78, 5) is 20.5. The zero-order valence-corrected chi connectivity index (χ0v) is 8.08. The van der Waals surface area contributed by atoms with Crippen molar-refractivity contribution in [3.05, 3.63) is 0 Å². The van der Waals surface area contributed by atoms with Crippen LogP contribution in [0, 0.1) is 0 Å². The maximum absolute atomic E-state index is 10.5. The van der Waals surface area contributed by atoms with Gasteiger partial charge in [-0.05, 0) is 12.8 Å². The third kappa shape index (κ3) is 6.38. The monoisotopic (exact) mass is 225 g/mol. The molecule has 14 heavy (non-hydrogen) atoms. The van der Waals surface area contributed by atoms with E-state index in [1.807, 2.05) is 5.32 Å². The van der Waals surface area contributed by atoms with E-state index in [9.17, 15) is 18.0 Å². The molecule has 0 spiro atoms. The van der Waals surface area contributed by atoms with Crippen molar-refractivity contribution in [3.63, 3.8) is 0 Å². The van der Waals surface area contributed by atoms with Crippen LogP contribution >= 0.6 is 0 Å². The number of amides is 1. The van der Waals surface area contributed by atoms with Gasteiger partial charge in [-0.3, -0.25) is 14.1 Å². The predicted molar refractivity (Wildman–Crippen MR) is 46.4 cm³/mol. The van der Waals surface area contributed by atoms with Gasteiger partial charge in [0.2, 0.25) is 0 Å². The van der Waals surface area contributed by atoms with Crippen LogP contribution in [0.4, 0.5) is 4.79 Å². The fourth-order valence-electron chi connectivity index (χ4n) is 0.683. The van der Waals surface area contributed by atoms with Crippen LogP contribution in [-0.4, -0.2) is 35.8 Å². The summed E-state index contributed by atoms with van der Waals surface area (Å²) in [6.45, 7) is 0.0197. The van der Waals surface area contributed by atoms with E-state index >= 15 is 0 Å². The Labute approximate surface area is 80.9 Å². The molecule has 0 saturated carbocycles. The highest BCUT2D eigenvalue weighted by molar-refractivity contribution is 8.01. The van der Waals surface area contributed by atoms with Gasteiger partial charge in [0.1, 0.15) is 0 Å². The molecule has 0 atom stereocenters. The first-order chi connectivity index (χ1) is 6.34. The predicted octanol–water partition coefficient (Wildman–Crippen LogP) is -0.161. The lowest BCUT2D eigenvalue weighted by Gasteiger charge is -2.00. The summed E-state index contributed by atoms with van der Waals surface area (Å²) in [6, 6.07) is 0. The number of carboxylic acids is 1. The first-order valence-electron chi connectivity index (χ1n) is 3.81. The van der Waals surface area contributed by atoms with Gasteiger partial charge in [-0.1, -0.05) is 0 Å². The van der Waals surface area contributed by atoms with E-state index in [2.05, 4.69) is 0 Å². The Hall–Kier alpha value is -1.15. The van der Waals surface area contributed by atoms with Gasteiger partial charge in [-0.25, -0.2) is 0 Å². The first kappa shape index (κ1) is 12.8. The summed E-state index contributed by atoms with van der Waals surface area (Å²) in [6.07, 6.45) is 0.635. The van der Waals surface area contributed by atoms with E-state index in [-0.39, 0.29) is 13.0 Å². The molecule has 0 aromatic heterocycles. The molecule has 1 amide bonds. The Morgan fingerprint density at radius 3 is 2.21 bits per heavy atom. The van der Waals surface area contributed by atoms with Crippen LogP contribution in [0.15, 0.2) is 0 Å². The van der Waals surface area contributed by atoms with Crippen molar-refractivity contribution >= 4 is 21.3 Å². The summed E-state index contributed by atoms with van der Waals surface area (Å²) in [5.41, 5.74) is 0. The van der Waals surface area contributed by atoms with Gasteiger partial charge < -0.3 is 10.4 Å². The van der Waals surface area contributed by atoms with E-state index in [4.69, 9.17) is 9.66 Å². The Morgan fingerprint density at radius 1 is 1.21 bits per heavy atom. The third-order valence-corrected chi connectivity index (χ3v) is 1.93. The van der Waals surface area contributed by atoms with Gasteiger partial charge >= 0.3 is 21.3 Å². The van der Waals surface area contributed by atoms with E-state index < -0.39 is 21.3 Å². The molecular formula is C6H11NO6S. The SMILES string of the molecule is O=C(O)CCCCNC(=O)S(=O)(=O)O. The molecular weight excluding hydrogens is 214 g/mol. The number of hydrogen-bond acceptors (Lipinski definition) is 4. The van der Waals surface area contributed by atoms with Crippen molar-refractivity contribution in [1.82, 2.24) is 5.32 Å². The number of nitrogens with one attached hydrogen (secondary N) is 1. The Morgan fingerprint density at radius 2 is 1.79 bits per heavy atom. The van der Waals surface area contributed by atoms with Gasteiger partial charge in [-0.15, -0.1) is 0 Å². The number of carboxylic acid groups (broad SMARTS) is 1. The molecule has 0 heterocycles. The smallest absolute Gasteiger partial charge is 0.363 e. The molecule has 0 aromatic carbocycles. The normalized spacial score (nSPS) is 10.9. The maximum atomic E-state index is 10.5. The van der Waals surface area contributed by atoms with Crippen molar-refractivity contribution < 1.29 is 27.7 Å². The maximum Gasteiger partial charge on any atom is 0.363 e. The van der Waals surface area contributed by atoms with Crippen LogP contribution in [0.1, 0.15) is 19.3 Å². The molecule has 0 unspecified atom stereocenters. The first-order valence-corrected chi connectivity index (χ1v) is 5.25. The van der Waals surface area contributed by atoms with Gasteiger partial charge in [0.25, 0.3) is 0 Å². The van der Waals surface area contributed by atoms with Gasteiger partial charge in [0, 0.05) is 13.0 Å². The zero-order chi connectivity index (χ0) is 11.2. The van der Waals surface area contributed by atoms with Crippen molar-refractivity contribution in [1.29, 1.82) is 0 Å². The molecule has 0 bridgehead atoms. The number of carbonyl (C=O) groups excluding carboxylic acids is 1. The number of aliphatic carboxylic acids is 1. The van der Waals surface area contributed by atoms with E-state index in [1.165, 1.54) is 0 Å². The number of unbranched alkanes of at least 4 members (excludes halogenated alkanes) is 1. The minimum Gasteiger partial charge on any atom is -0.481 e. The second-order valence-corrected chi connectivity index (χ2v) is 3.86. The molecule has 82 valence electrons. The third-order valence-electron chi connectivity index (χ3n) is 1.32. The van der Waals surface area contributed by atoms with Crippen molar-refractivity contribution in [2.24, 2.45) is 0 Å². The minimum absolute atomic E-state index is 0.0197. The highest BCUT2D eigenvalue weighted by atomic mass is 32.2. The standard InChI is InChI=1S/C6H11NO6S/c8-5(9)3-1-2-4-7-6(10)14(11,12)13/h1-4H2,(H,7,10)(H,8,9)(H,11,12,13). The Kier molecular flexibility index (Phi) is 5.10. The zero-order valence-electron chi connectivity index (χ0n) is 7.26. The number of rotatable bonds is 5. The van der Waals surface area contributed by atoms with Crippen molar-refractivity contribution in [2.45, 2.75) is 19.3 Å². The average Bonchev–Trinajstić information content (AvgIpc) is 2.01. The van der Waals surface area contributed by atoms with Gasteiger partial charge in [0.15, 0.2) is 0 Å². The summed E-state index contributed by atoms with van der Waals surface area (Å²) >= 11 is 0. The molecule has 0 aliphatic heterocycles. The van der Waals surface area contributed by atoms with Crippen LogP contribution in [0.2, 0.25) is 0 Å². The molecule has 0 aliphatic carbocycles. The van der Waals surface area contributed by atoms with Crippen LogP contribution in [0.5, 0.6) is 0 Å². The lowest BCUT2D eigenvalue weighted by atomic mass is 10.2. The van der Waals surface area contributed by atoms with Gasteiger partial charge in [-0.2, -0.15) is 8.42 Å². The second-order valence-electron chi connectivity index (χ2n) is 2.54. The molecule has 0 fully saturated rings. The molecule has 0 aromatic rings. The molecule has 0 radical (unpaired) electrons. The highest BCUT2D eigenvalue weighted by Crippen LogP contribution is 1.94. The van der Waals surface area contributed by atoms with E-state index in [0.29, 0.717) is 12.8 Å². The number of carbonyl (C=O) groups is 2. The van der Waals surface area contributed by atoms with E-state index in [1.54, 1.807) is 0 Å². The average molecular weight is 225 g/mol. The minimum atomic E-state index is -4.67. The summed E-state index contributed by atoms with van der Waals surface area (Å²) in [7, 11) is -4.67. The van der Waals surface area contributed by atoms with Crippen molar-refractivity contribution in [2.75, 3.05) is 6.54 Å². The fourth-order valence-corrected chi connectivity index (χ4v) is 0.967. The lowest BCUT2D eigenvalue weighted by Crippen LogP contribution is -2.29. The number of hydrogen-bond donors (Lipinski definition) is 3. The second kappa shape index (κ2) is 5.55. The summed E-state index contributed by atoms with van der Waals surface area (Å²) in [5, 5.41) is 8.69. The summed E-state index contributed by atoms with van der Waals surface area (Å²) in [5.74, 6) is -0.953. The Balaban J connectivity index is 3.57. The van der Waals surface area contributed by atoms with E-state index in [0.717, 1.165) is 0 Å². The Bertz CT molecular complexity index is 308. The largest absolute Gasteiger partial charge is 0.481 e. The van der Waals surface area contributed by atoms with Crippen LogP contribution in [0.25, 0.3) is 0 Å². The quantitative estimate of drug-likeness (QED) is 0.441. The molecule has 0 rings (SSSR count). The molecule has 0 saturated heterocycles. The molecule has 0 aliphatic rings. The molecule has 8 heteroatoms. The summed E-state index contributed by atoms with van der Waals surface area (Å²) < 4.78 is 28.5. The highest BCUT2D eigenvalue weighted by Gasteiger charge is 2.16. The van der Waals surface area contributed by atoms with Crippen LogP contribution < -0.4 is 5.32 Å². The molecule has 7 nitrogen and oxygen atoms in total. The van der Waals surface area contributed by atoms with Crippen molar-refractivity contribution in [3.8, 4) is 0 Å². The topological polar surface area (TPSA) is 121 Å². The van der Waals surface area contributed by atoms with Crippen LogP contribution in [0.3, 0.4) is 0 Å².